The lowest BCUT2D eigenvalue weighted by Crippen LogP contribution is -2.42. The van der Waals surface area contributed by atoms with Gasteiger partial charge in [0.1, 0.15) is 0 Å². The fourth-order valence-corrected chi connectivity index (χ4v) is 4.20. The highest BCUT2D eigenvalue weighted by Gasteiger charge is 2.23. The van der Waals surface area contributed by atoms with Gasteiger partial charge in [-0.2, -0.15) is 0 Å². The van der Waals surface area contributed by atoms with Gasteiger partial charge in [0.05, 0.1) is 12.0 Å². The van der Waals surface area contributed by atoms with Crippen molar-refractivity contribution in [3.05, 3.63) is 18.4 Å². The highest BCUT2D eigenvalue weighted by atomic mass is 32.2. The third-order valence-electron chi connectivity index (χ3n) is 4.97. The van der Waals surface area contributed by atoms with Gasteiger partial charge in [0, 0.05) is 12.6 Å². The Morgan fingerprint density at radius 1 is 1.31 bits per heavy atom. The van der Waals surface area contributed by atoms with E-state index in [2.05, 4.69) is 15.5 Å². The molecule has 29 heavy (non-hydrogen) atoms. The molecule has 1 saturated carbocycles. The Morgan fingerprint density at radius 2 is 2.07 bits per heavy atom. The van der Waals surface area contributed by atoms with Crippen LogP contribution < -0.4 is 5.32 Å². The molecule has 0 saturated heterocycles. The Labute approximate surface area is 174 Å². The summed E-state index contributed by atoms with van der Waals surface area (Å²) in [6.07, 6.45) is 7.46. The Hall–Kier alpha value is -2.29. The molecule has 2 aromatic rings. The number of carbonyl (C=O) groups excluding carboxylic acids is 2. The molecule has 3 rings (SSSR count). The molecule has 0 aliphatic heterocycles. The molecule has 1 aliphatic carbocycles. The number of furan rings is 1. The van der Waals surface area contributed by atoms with Gasteiger partial charge < -0.3 is 14.5 Å². The molecular weight excluding hydrogens is 392 g/mol. The molecule has 9 heteroatoms. The topological polar surface area (TPSA) is 99.2 Å². The SMILES string of the molecule is CCn1c(SCC(=O)O[C@@H](C)C(=O)NC2CCCCCC2)nnc1-c1ccco1. The van der Waals surface area contributed by atoms with E-state index >= 15 is 0 Å². The fraction of sp³-hybridized carbons (Fsp3) is 0.600. The quantitative estimate of drug-likeness (QED) is 0.397. The van der Waals surface area contributed by atoms with Crippen LogP contribution in [0.15, 0.2) is 28.0 Å². The van der Waals surface area contributed by atoms with E-state index in [1.54, 1.807) is 19.3 Å². The number of carbonyl (C=O) groups is 2. The molecular formula is C20H28N4O4S. The molecule has 2 heterocycles. The van der Waals surface area contributed by atoms with Crippen LogP contribution in [0.25, 0.3) is 11.6 Å². The molecule has 0 bridgehead atoms. The molecule has 0 aromatic carbocycles. The first-order chi connectivity index (χ1) is 14.1. The van der Waals surface area contributed by atoms with Crippen molar-refractivity contribution in [3.63, 3.8) is 0 Å². The summed E-state index contributed by atoms with van der Waals surface area (Å²) in [5.41, 5.74) is 0. The number of nitrogens with zero attached hydrogens (tertiary/aromatic N) is 3. The van der Waals surface area contributed by atoms with Crippen molar-refractivity contribution in [1.29, 1.82) is 0 Å². The predicted octanol–water partition coefficient (Wildman–Crippen LogP) is 3.42. The molecule has 1 N–H and O–H groups in total. The van der Waals surface area contributed by atoms with Crippen molar-refractivity contribution in [2.24, 2.45) is 0 Å². The van der Waals surface area contributed by atoms with Crippen LogP contribution in [0.4, 0.5) is 0 Å². The van der Waals surface area contributed by atoms with Crippen LogP contribution in [0.3, 0.4) is 0 Å². The van der Waals surface area contributed by atoms with Crippen molar-refractivity contribution >= 4 is 23.6 Å². The van der Waals surface area contributed by atoms with Crippen molar-refractivity contribution in [1.82, 2.24) is 20.1 Å². The van der Waals surface area contributed by atoms with E-state index in [4.69, 9.17) is 9.15 Å². The summed E-state index contributed by atoms with van der Waals surface area (Å²) in [5, 5.41) is 11.9. The third kappa shape index (κ3) is 5.85. The maximum absolute atomic E-state index is 12.3. The Kier molecular flexibility index (Phi) is 7.74. The average Bonchev–Trinajstić information content (AvgIpc) is 3.31. The van der Waals surface area contributed by atoms with Gasteiger partial charge in [-0.25, -0.2) is 0 Å². The summed E-state index contributed by atoms with van der Waals surface area (Å²) in [7, 11) is 0. The van der Waals surface area contributed by atoms with Crippen molar-refractivity contribution < 1.29 is 18.7 Å². The Morgan fingerprint density at radius 3 is 2.72 bits per heavy atom. The molecule has 1 amide bonds. The Bertz CT molecular complexity index is 798. The number of nitrogens with one attached hydrogen (secondary N) is 1. The average molecular weight is 421 g/mol. The highest BCUT2D eigenvalue weighted by molar-refractivity contribution is 7.99. The molecule has 0 spiro atoms. The molecule has 1 aliphatic rings. The zero-order chi connectivity index (χ0) is 20.6. The van der Waals surface area contributed by atoms with Crippen LogP contribution in [-0.4, -0.2) is 44.5 Å². The van der Waals surface area contributed by atoms with Gasteiger partial charge in [0.2, 0.25) is 0 Å². The summed E-state index contributed by atoms with van der Waals surface area (Å²) in [6, 6.07) is 3.78. The standard InChI is InChI=1S/C20H28N4O4S/c1-3-24-18(16-11-8-12-27-16)22-23-20(24)29-13-17(25)28-14(2)19(26)21-15-9-6-4-5-7-10-15/h8,11-12,14-15H,3-7,9-10,13H2,1-2H3,(H,21,26)/t14-/m0/s1. The van der Waals surface area contributed by atoms with E-state index in [0.29, 0.717) is 23.3 Å². The van der Waals surface area contributed by atoms with Crippen LogP contribution in [-0.2, 0) is 20.9 Å². The van der Waals surface area contributed by atoms with E-state index in [1.807, 2.05) is 17.6 Å². The van der Waals surface area contributed by atoms with Crippen molar-refractivity contribution in [2.45, 2.75) is 76.2 Å². The minimum Gasteiger partial charge on any atom is -0.461 e. The first kappa shape index (κ1) is 21.4. The second kappa shape index (κ2) is 10.5. The minimum atomic E-state index is -0.811. The molecule has 1 atom stereocenters. The molecule has 2 aromatic heterocycles. The van der Waals surface area contributed by atoms with Crippen molar-refractivity contribution in [2.75, 3.05) is 5.75 Å². The zero-order valence-electron chi connectivity index (χ0n) is 16.9. The number of hydrogen-bond acceptors (Lipinski definition) is 7. The number of thioether (sulfide) groups is 1. The van der Waals surface area contributed by atoms with Gasteiger partial charge in [0.15, 0.2) is 22.8 Å². The summed E-state index contributed by atoms with van der Waals surface area (Å²) in [6.45, 7) is 4.22. The highest BCUT2D eigenvalue weighted by Crippen LogP contribution is 2.24. The van der Waals surface area contributed by atoms with Crippen LogP contribution in [0.2, 0.25) is 0 Å². The molecule has 0 radical (unpaired) electrons. The summed E-state index contributed by atoms with van der Waals surface area (Å²) < 4.78 is 12.6. The maximum Gasteiger partial charge on any atom is 0.317 e. The second-order valence-electron chi connectivity index (χ2n) is 7.15. The molecule has 8 nitrogen and oxygen atoms in total. The van der Waals surface area contributed by atoms with E-state index in [0.717, 1.165) is 25.7 Å². The van der Waals surface area contributed by atoms with Crippen LogP contribution in [0.1, 0.15) is 52.4 Å². The Balaban J connectivity index is 1.48. The van der Waals surface area contributed by atoms with Crippen LogP contribution in [0, 0.1) is 0 Å². The number of amides is 1. The number of aromatic nitrogens is 3. The first-order valence-electron chi connectivity index (χ1n) is 10.2. The summed E-state index contributed by atoms with van der Waals surface area (Å²) >= 11 is 1.23. The van der Waals surface area contributed by atoms with Crippen LogP contribution >= 0.6 is 11.8 Å². The first-order valence-corrected chi connectivity index (χ1v) is 11.2. The minimum absolute atomic E-state index is 0.0529. The number of hydrogen-bond donors (Lipinski definition) is 1. The number of ether oxygens (including phenoxy) is 1. The smallest absolute Gasteiger partial charge is 0.317 e. The predicted molar refractivity (Wildman–Crippen MR) is 109 cm³/mol. The van der Waals surface area contributed by atoms with Gasteiger partial charge in [-0.3, -0.25) is 14.2 Å². The molecule has 1 fully saturated rings. The normalized spacial score (nSPS) is 16.2. The van der Waals surface area contributed by atoms with E-state index in [9.17, 15) is 9.59 Å². The lowest BCUT2D eigenvalue weighted by Gasteiger charge is -2.19. The van der Waals surface area contributed by atoms with Gasteiger partial charge in [-0.05, 0) is 38.8 Å². The lowest BCUT2D eigenvalue weighted by atomic mass is 10.1. The van der Waals surface area contributed by atoms with Gasteiger partial charge >= 0.3 is 5.97 Å². The fourth-order valence-electron chi connectivity index (χ4n) is 3.42. The second-order valence-corrected chi connectivity index (χ2v) is 8.09. The van der Waals surface area contributed by atoms with Gasteiger partial charge in [0.25, 0.3) is 5.91 Å². The molecule has 0 unspecified atom stereocenters. The van der Waals surface area contributed by atoms with Crippen LogP contribution in [0.5, 0.6) is 0 Å². The van der Waals surface area contributed by atoms with E-state index in [-0.39, 0.29) is 17.7 Å². The third-order valence-corrected chi connectivity index (χ3v) is 5.91. The van der Waals surface area contributed by atoms with Gasteiger partial charge in [-0.1, -0.05) is 37.4 Å². The van der Waals surface area contributed by atoms with Gasteiger partial charge in [-0.15, -0.1) is 10.2 Å². The lowest BCUT2D eigenvalue weighted by molar-refractivity contribution is -0.152. The summed E-state index contributed by atoms with van der Waals surface area (Å²) in [4.78, 5) is 24.6. The van der Waals surface area contributed by atoms with Crippen molar-refractivity contribution in [3.8, 4) is 11.6 Å². The number of esters is 1. The summed E-state index contributed by atoms with van der Waals surface area (Å²) in [5.74, 6) is 0.607. The maximum atomic E-state index is 12.3. The van der Waals surface area contributed by atoms with E-state index < -0.39 is 12.1 Å². The van der Waals surface area contributed by atoms with E-state index in [1.165, 1.54) is 24.6 Å². The largest absolute Gasteiger partial charge is 0.461 e. The zero-order valence-corrected chi connectivity index (χ0v) is 17.7. The molecule has 158 valence electrons. The monoisotopic (exact) mass is 420 g/mol. The number of rotatable bonds is 8.